The Morgan fingerprint density at radius 3 is 2.89 bits per heavy atom. The second kappa shape index (κ2) is 5.04. The van der Waals surface area contributed by atoms with Gasteiger partial charge in [-0.3, -0.25) is 4.79 Å². The number of Topliss-reactive ketones (excluding diaryl/α,β-unsaturated/α-hetero) is 1. The average molecular weight is 244 g/mol. The highest BCUT2D eigenvalue weighted by atomic mass is 16.5. The van der Waals surface area contributed by atoms with Crippen molar-refractivity contribution in [1.29, 1.82) is 0 Å². The minimum atomic E-state index is 0.0899. The van der Waals surface area contributed by atoms with Crippen molar-refractivity contribution in [2.45, 2.75) is 20.3 Å². The summed E-state index contributed by atoms with van der Waals surface area (Å²) in [5.41, 5.74) is 2.97. The number of H-pyrrole nitrogens is 1. The predicted molar refractivity (Wildman–Crippen MR) is 69.7 cm³/mol. The van der Waals surface area contributed by atoms with Gasteiger partial charge in [-0.15, -0.1) is 0 Å². The topological polar surface area (TPSA) is 55.0 Å². The second-order valence-electron chi connectivity index (χ2n) is 4.33. The monoisotopic (exact) mass is 244 g/mol. The van der Waals surface area contributed by atoms with Gasteiger partial charge in [0.1, 0.15) is 17.4 Å². The van der Waals surface area contributed by atoms with Gasteiger partial charge in [-0.2, -0.15) is 0 Å². The maximum Gasteiger partial charge on any atom is 0.137 e. The van der Waals surface area contributed by atoms with E-state index in [1.165, 1.54) is 0 Å². The molecule has 0 saturated heterocycles. The molecule has 0 fully saturated rings. The largest absolute Gasteiger partial charge is 0.496 e. The molecule has 0 aliphatic heterocycles. The smallest absolute Gasteiger partial charge is 0.137 e. The molecule has 0 aliphatic rings. The number of aryl methyl sites for hydroxylation is 1. The van der Waals surface area contributed by atoms with Crippen molar-refractivity contribution in [1.82, 2.24) is 9.97 Å². The fourth-order valence-corrected chi connectivity index (χ4v) is 1.86. The maximum atomic E-state index is 11.1. The molecular weight excluding hydrogens is 228 g/mol. The van der Waals surface area contributed by atoms with Gasteiger partial charge in [-0.1, -0.05) is 11.6 Å². The van der Waals surface area contributed by atoms with Crippen molar-refractivity contribution in [3.63, 3.8) is 0 Å². The van der Waals surface area contributed by atoms with Crippen LogP contribution in [0.2, 0.25) is 0 Å². The molecule has 2 aromatic rings. The fourth-order valence-electron chi connectivity index (χ4n) is 1.86. The molecule has 4 heteroatoms. The van der Waals surface area contributed by atoms with Gasteiger partial charge in [-0.05, 0) is 26.0 Å². The number of aromatic nitrogens is 2. The van der Waals surface area contributed by atoms with Crippen LogP contribution < -0.4 is 4.74 Å². The first-order chi connectivity index (χ1) is 8.60. The van der Waals surface area contributed by atoms with E-state index in [0.29, 0.717) is 12.2 Å². The number of imidazole rings is 1. The Hall–Kier alpha value is -2.10. The summed E-state index contributed by atoms with van der Waals surface area (Å²) in [5, 5.41) is 0. The Kier molecular flexibility index (Phi) is 3.46. The van der Waals surface area contributed by atoms with Gasteiger partial charge in [0.15, 0.2) is 0 Å². The summed E-state index contributed by atoms with van der Waals surface area (Å²) in [4.78, 5) is 18.4. The van der Waals surface area contributed by atoms with Crippen LogP contribution in [0.4, 0.5) is 0 Å². The number of benzene rings is 1. The van der Waals surface area contributed by atoms with E-state index in [1.54, 1.807) is 20.2 Å². The molecule has 0 spiro atoms. The third-order valence-corrected chi connectivity index (χ3v) is 2.69. The molecule has 18 heavy (non-hydrogen) atoms. The first-order valence-electron chi connectivity index (χ1n) is 5.78. The van der Waals surface area contributed by atoms with Crippen LogP contribution in [0.15, 0.2) is 24.4 Å². The number of methoxy groups -OCH3 is 1. The average Bonchev–Trinajstić information content (AvgIpc) is 2.76. The van der Waals surface area contributed by atoms with Crippen LogP contribution in [0, 0.1) is 6.92 Å². The first-order valence-corrected chi connectivity index (χ1v) is 5.78. The Balaban J connectivity index is 2.38. The Morgan fingerprint density at radius 2 is 2.22 bits per heavy atom. The lowest BCUT2D eigenvalue weighted by Crippen LogP contribution is -1.98. The molecule has 4 nitrogen and oxygen atoms in total. The molecule has 0 atom stereocenters. The van der Waals surface area contributed by atoms with Crippen molar-refractivity contribution < 1.29 is 9.53 Å². The zero-order chi connectivity index (χ0) is 13.1. The SMILES string of the molecule is COc1ccc(C)cc1-c1cnc(CC(C)=O)[nH]1. The molecule has 1 heterocycles. The molecule has 1 N–H and O–H groups in total. The minimum absolute atomic E-state index is 0.0899. The van der Waals surface area contributed by atoms with Gasteiger partial charge in [0, 0.05) is 5.56 Å². The number of hydrogen-bond acceptors (Lipinski definition) is 3. The zero-order valence-electron chi connectivity index (χ0n) is 10.8. The quantitative estimate of drug-likeness (QED) is 0.899. The maximum absolute atomic E-state index is 11.1. The van der Waals surface area contributed by atoms with Crippen LogP contribution in [-0.2, 0) is 11.2 Å². The van der Waals surface area contributed by atoms with Crippen molar-refractivity contribution >= 4 is 5.78 Å². The van der Waals surface area contributed by atoms with Gasteiger partial charge in [0.05, 0.1) is 25.4 Å². The molecule has 0 unspecified atom stereocenters. The Labute approximate surface area is 106 Å². The van der Waals surface area contributed by atoms with Gasteiger partial charge in [0.25, 0.3) is 0 Å². The molecule has 1 aromatic carbocycles. The number of nitrogens with zero attached hydrogens (tertiary/aromatic N) is 1. The van der Waals surface area contributed by atoms with Crippen molar-refractivity contribution in [3.05, 3.63) is 35.8 Å². The van der Waals surface area contributed by atoms with Crippen LogP contribution in [0.25, 0.3) is 11.3 Å². The number of carbonyl (C=O) groups excluding carboxylic acids is 1. The molecule has 0 bridgehead atoms. The molecule has 1 aromatic heterocycles. The van der Waals surface area contributed by atoms with Crippen molar-refractivity contribution in [3.8, 4) is 17.0 Å². The summed E-state index contributed by atoms with van der Waals surface area (Å²) in [6.07, 6.45) is 2.06. The van der Waals surface area contributed by atoms with E-state index in [9.17, 15) is 4.79 Å². The molecule has 2 rings (SSSR count). The van der Waals surface area contributed by atoms with Crippen molar-refractivity contribution in [2.75, 3.05) is 7.11 Å². The van der Waals surface area contributed by atoms with E-state index in [0.717, 1.165) is 22.6 Å². The first kappa shape index (κ1) is 12.4. The highest BCUT2D eigenvalue weighted by molar-refractivity contribution is 5.77. The molecular formula is C14H16N2O2. The molecule has 0 amide bonds. The second-order valence-corrected chi connectivity index (χ2v) is 4.33. The number of rotatable bonds is 4. The summed E-state index contributed by atoms with van der Waals surface area (Å²) < 4.78 is 5.33. The zero-order valence-corrected chi connectivity index (χ0v) is 10.8. The molecule has 94 valence electrons. The molecule has 0 saturated carbocycles. The predicted octanol–water partition coefficient (Wildman–Crippen LogP) is 2.53. The number of ketones is 1. The van der Waals surface area contributed by atoms with Gasteiger partial charge in [0.2, 0.25) is 0 Å². The standard InChI is InChI=1S/C14H16N2O2/c1-9-4-5-13(18-3)11(6-9)12-8-15-14(16-12)7-10(2)17/h4-6,8H,7H2,1-3H3,(H,15,16). The third kappa shape index (κ3) is 2.59. The normalized spacial score (nSPS) is 10.4. The Bertz CT molecular complexity index is 573. The van der Waals surface area contributed by atoms with Crippen LogP contribution >= 0.6 is 0 Å². The van der Waals surface area contributed by atoms with Crippen LogP contribution in [0.1, 0.15) is 18.3 Å². The number of carbonyl (C=O) groups is 1. The summed E-state index contributed by atoms with van der Waals surface area (Å²) >= 11 is 0. The minimum Gasteiger partial charge on any atom is -0.496 e. The highest BCUT2D eigenvalue weighted by Crippen LogP contribution is 2.29. The lowest BCUT2D eigenvalue weighted by molar-refractivity contribution is -0.116. The number of aromatic amines is 1. The lowest BCUT2D eigenvalue weighted by atomic mass is 10.1. The summed E-state index contributed by atoms with van der Waals surface area (Å²) in [5.74, 6) is 1.56. The van der Waals surface area contributed by atoms with E-state index >= 15 is 0 Å². The van der Waals surface area contributed by atoms with Crippen molar-refractivity contribution in [2.24, 2.45) is 0 Å². The fraction of sp³-hybridized carbons (Fsp3) is 0.286. The Morgan fingerprint density at radius 1 is 1.44 bits per heavy atom. The van der Waals surface area contributed by atoms with E-state index in [4.69, 9.17) is 4.74 Å². The summed E-state index contributed by atoms with van der Waals surface area (Å²) in [6.45, 7) is 3.57. The summed E-state index contributed by atoms with van der Waals surface area (Å²) in [6, 6.07) is 5.95. The van der Waals surface area contributed by atoms with E-state index in [-0.39, 0.29) is 5.78 Å². The number of ether oxygens (including phenoxy) is 1. The van der Waals surface area contributed by atoms with E-state index < -0.39 is 0 Å². The van der Waals surface area contributed by atoms with E-state index in [1.807, 2.05) is 25.1 Å². The van der Waals surface area contributed by atoms with Crippen LogP contribution in [-0.4, -0.2) is 22.9 Å². The molecule has 0 radical (unpaired) electrons. The lowest BCUT2D eigenvalue weighted by Gasteiger charge is -2.07. The van der Waals surface area contributed by atoms with Crippen LogP contribution in [0.5, 0.6) is 5.75 Å². The number of hydrogen-bond donors (Lipinski definition) is 1. The third-order valence-electron chi connectivity index (χ3n) is 2.69. The van der Waals surface area contributed by atoms with E-state index in [2.05, 4.69) is 9.97 Å². The van der Waals surface area contributed by atoms with Crippen LogP contribution in [0.3, 0.4) is 0 Å². The van der Waals surface area contributed by atoms with Gasteiger partial charge >= 0.3 is 0 Å². The summed E-state index contributed by atoms with van der Waals surface area (Å²) in [7, 11) is 1.64. The highest BCUT2D eigenvalue weighted by Gasteiger charge is 2.10. The van der Waals surface area contributed by atoms with Gasteiger partial charge < -0.3 is 9.72 Å². The molecule has 0 aliphatic carbocycles. The van der Waals surface area contributed by atoms with Gasteiger partial charge in [-0.25, -0.2) is 4.98 Å². The number of nitrogens with one attached hydrogen (secondary N) is 1.